The summed E-state index contributed by atoms with van der Waals surface area (Å²) in [6.45, 7) is 6.10. The highest BCUT2D eigenvalue weighted by Gasteiger charge is 1.93. The molecule has 0 spiro atoms. The van der Waals surface area contributed by atoms with Crippen molar-refractivity contribution in [3.05, 3.63) is 25.2 Å². The second-order valence-electron chi connectivity index (χ2n) is 1.01. The van der Waals surface area contributed by atoms with Crippen LogP contribution in [-0.4, -0.2) is 5.17 Å². The number of rotatable bonds is 2. The Morgan fingerprint density at radius 1 is 1.75 bits per heavy atom. The molecule has 0 aliphatic heterocycles. The summed E-state index contributed by atoms with van der Waals surface area (Å²) < 4.78 is 11.8. The Morgan fingerprint density at radius 2 is 2.25 bits per heavy atom. The van der Waals surface area contributed by atoms with E-state index in [9.17, 15) is 4.39 Å². The third-order valence-electron chi connectivity index (χ3n) is 0.428. The summed E-state index contributed by atoms with van der Waals surface area (Å²) >= 11 is 5.12. The highest BCUT2D eigenvalue weighted by molar-refractivity contribution is 6.69. The second kappa shape index (κ2) is 3.38. The molecule has 0 aromatic carbocycles. The van der Waals surface area contributed by atoms with Crippen molar-refractivity contribution in [2.75, 3.05) is 0 Å². The third-order valence-corrected chi connectivity index (χ3v) is 0.731. The van der Waals surface area contributed by atoms with E-state index in [-0.39, 0.29) is 5.17 Å². The fourth-order valence-electron chi connectivity index (χ4n) is 0.150. The molecule has 0 fully saturated rings. The van der Waals surface area contributed by atoms with Crippen molar-refractivity contribution in [2.24, 2.45) is 4.99 Å². The first kappa shape index (κ1) is 7.37. The van der Waals surface area contributed by atoms with Crippen molar-refractivity contribution in [2.45, 2.75) is 0 Å². The van der Waals surface area contributed by atoms with Crippen LogP contribution in [0.15, 0.2) is 30.2 Å². The first-order chi connectivity index (χ1) is 3.68. The Balaban J connectivity index is 3.99. The zero-order valence-corrected chi connectivity index (χ0v) is 4.95. The molecule has 0 saturated carbocycles. The Bertz CT molecular complexity index is 139. The zero-order chi connectivity index (χ0) is 6.57. The lowest BCUT2D eigenvalue weighted by Gasteiger charge is -1.83. The van der Waals surface area contributed by atoms with E-state index in [4.69, 9.17) is 11.6 Å². The average Bonchev–Trinajstić information content (AvgIpc) is 1.67. The third kappa shape index (κ3) is 2.53. The maximum atomic E-state index is 11.8. The topological polar surface area (TPSA) is 12.4 Å². The molecular formula is C5H5ClFN. The maximum absolute atomic E-state index is 11.8. The molecular weight excluding hydrogens is 129 g/mol. The molecule has 0 aliphatic rings. The normalized spacial score (nSPS) is 11.0. The SMILES string of the molecule is C=CN=C(Cl)C(=C)F. The Labute approximate surface area is 52.2 Å². The fraction of sp³-hybridized carbons (Fsp3) is 0. The maximum Gasteiger partial charge on any atom is 0.164 e. The number of hydrogen-bond donors (Lipinski definition) is 0. The highest BCUT2D eigenvalue weighted by atomic mass is 35.5. The lowest BCUT2D eigenvalue weighted by molar-refractivity contribution is 0.688. The van der Waals surface area contributed by atoms with Crippen LogP contribution in [0.2, 0.25) is 0 Å². The quantitative estimate of drug-likeness (QED) is 0.513. The van der Waals surface area contributed by atoms with Gasteiger partial charge < -0.3 is 0 Å². The van der Waals surface area contributed by atoms with Gasteiger partial charge in [-0.1, -0.05) is 24.8 Å². The Morgan fingerprint density at radius 3 is 2.38 bits per heavy atom. The lowest BCUT2D eigenvalue weighted by Crippen LogP contribution is -1.82. The molecule has 0 saturated heterocycles. The van der Waals surface area contributed by atoms with Crippen LogP contribution in [0.5, 0.6) is 0 Å². The van der Waals surface area contributed by atoms with Crippen molar-refractivity contribution in [1.29, 1.82) is 0 Å². The molecule has 0 amide bonds. The van der Waals surface area contributed by atoms with Crippen LogP contribution in [-0.2, 0) is 0 Å². The van der Waals surface area contributed by atoms with E-state index in [0.717, 1.165) is 6.20 Å². The molecule has 44 valence electrons. The Kier molecular flexibility index (Phi) is 3.12. The molecule has 0 bridgehead atoms. The average molecular weight is 134 g/mol. The predicted octanol–water partition coefficient (Wildman–Crippen LogP) is 2.25. The van der Waals surface area contributed by atoms with Crippen molar-refractivity contribution in [1.82, 2.24) is 0 Å². The molecule has 0 rings (SSSR count). The predicted molar refractivity (Wildman–Crippen MR) is 33.7 cm³/mol. The van der Waals surface area contributed by atoms with Gasteiger partial charge in [0.1, 0.15) is 0 Å². The Hall–Kier alpha value is -0.630. The van der Waals surface area contributed by atoms with Gasteiger partial charge in [-0.15, -0.1) is 0 Å². The van der Waals surface area contributed by atoms with Crippen molar-refractivity contribution >= 4 is 16.8 Å². The lowest BCUT2D eigenvalue weighted by atomic mass is 10.6. The number of allylic oxidation sites excluding steroid dienone is 1. The second-order valence-corrected chi connectivity index (χ2v) is 1.37. The van der Waals surface area contributed by atoms with E-state index in [1.165, 1.54) is 0 Å². The molecule has 0 unspecified atom stereocenters. The highest BCUT2D eigenvalue weighted by Crippen LogP contribution is 2.00. The van der Waals surface area contributed by atoms with Crippen molar-refractivity contribution in [3.8, 4) is 0 Å². The van der Waals surface area contributed by atoms with E-state index in [0.29, 0.717) is 0 Å². The standard InChI is InChI=1S/C5H5ClFN/c1-3-8-5(6)4(2)7/h3H,1-2H2. The van der Waals surface area contributed by atoms with Crippen LogP contribution in [0.1, 0.15) is 0 Å². The molecule has 0 heterocycles. The number of halogens is 2. The van der Waals surface area contributed by atoms with Gasteiger partial charge in [0.15, 0.2) is 11.0 Å². The van der Waals surface area contributed by atoms with Gasteiger partial charge in [-0.2, -0.15) is 0 Å². The first-order valence-corrected chi connectivity index (χ1v) is 2.25. The molecule has 3 heteroatoms. The molecule has 0 N–H and O–H groups in total. The summed E-state index contributed by atoms with van der Waals surface area (Å²) in [5.41, 5.74) is 0. The van der Waals surface area contributed by atoms with Crippen molar-refractivity contribution in [3.63, 3.8) is 0 Å². The van der Waals surface area contributed by atoms with E-state index < -0.39 is 5.83 Å². The monoisotopic (exact) mass is 133 g/mol. The van der Waals surface area contributed by atoms with Gasteiger partial charge in [0.25, 0.3) is 0 Å². The summed E-state index contributed by atoms with van der Waals surface area (Å²) in [5, 5.41) is -0.250. The van der Waals surface area contributed by atoms with Crippen LogP contribution in [0, 0.1) is 0 Å². The molecule has 0 aliphatic carbocycles. The van der Waals surface area contributed by atoms with E-state index in [1.54, 1.807) is 0 Å². The molecule has 8 heavy (non-hydrogen) atoms. The van der Waals surface area contributed by atoms with Gasteiger partial charge in [0.2, 0.25) is 0 Å². The van der Waals surface area contributed by atoms with Gasteiger partial charge >= 0.3 is 0 Å². The van der Waals surface area contributed by atoms with Crippen molar-refractivity contribution < 1.29 is 4.39 Å². The van der Waals surface area contributed by atoms with E-state index in [2.05, 4.69) is 18.2 Å². The summed E-state index contributed by atoms with van der Waals surface area (Å²) in [7, 11) is 0. The molecule has 0 aromatic heterocycles. The fourth-order valence-corrected chi connectivity index (χ4v) is 0.219. The molecule has 0 aromatic rings. The molecule has 0 atom stereocenters. The summed E-state index contributed by atoms with van der Waals surface area (Å²) in [6, 6.07) is 0. The summed E-state index contributed by atoms with van der Waals surface area (Å²) in [5.74, 6) is -0.744. The van der Waals surface area contributed by atoms with Crippen LogP contribution >= 0.6 is 11.6 Å². The minimum absolute atomic E-state index is 0.250. The van der Waals surface area contributed by atoms with E-state index >= 15 is 0 Å². The van der Waals surface area contributed by atoms with Gasteiger partial charge in [0, 0.05) is 6.20 Å². The van der Waals surface area contributed by atoms with Crippen LogP contribution in [0.3, 0.4) is 0 Å². The van der Waals surface area contributed by atoms with Gasteiger partial charge in [-0.3, -0.25) is 0 Å². The minimum atomic E-state index is -0.744. The largest absolute Gasteiger partial charge is 0.242 e. The summed E-state index contributed by atoms with van der Waals surface area (Å²) in [4.78, 5) is 3.30. The zero-order valence-electron chi connectivity index (χ0n) is 4.19. The smallest absolute Gasteiger partial charge is 0.164 e. The molecule has 0 radical (unpaired) electrons. The van der Waals surface area contributed by atoms with Gasteiger partial charge in [0.05, 0.1) is 0 Å². The van der Waals surface area contributed by atoms with Crippen LogP contribution < -0.4 is 0 Å². The number of nitrogens with zero attached hydrogens (tertiary/aromatic N) is 1. The number of aliphatic imine (C=N–C) groups is 1. The minimum Gasteiger partial charge on any atom is -0.242 e. The van der Waals surface area contributed by atoms with Gasteiger partial charge in [-0.25, -0.2) is 9.38 Å². The van der Waals surface area contributed by atoms with Crippen LogP contribution in [0.25, 0.3) is 0 Å². The summed E-state index contributed by atoms with van der Waals surface area (Å²) in [6.07, 6.45) is 1.15. The first-order valence-electron chi connectivity index (χ1n) is 1.87. The number of hydrogen-bond acceptors (Lipinski definition) is 1. The van der Waals surface area contributed by atoms with Crippen LogP contribution in [0.4, 0.5) is 4.39 Å². The molecule has 1 nitrogen and oxygen atoms in total. The van der Waals surface area contributed by atoms with E-state index in [1.807, 2.05) is 0 Å². The van der Waals surface area contributed by atoms with Gasteiger partial charge in [-0.05, 0) is 0 Å².